The number of benzene rings is 2. The van der Waals surface area contributed by atoms with Gasteiger partial charge in [-0.3, -0.25) is 9.59 Å². The number of carbonyl (C=O) groups excluding carboxylic acids is 2. The minimum Gasteiger partial charge on any atom is -0.352 e. The van der Waals surface area contributed by atoms with E-state index in [1.165, 1.54) is 23.4 Å². The van der Waals surface area contributed by atoms with Gasteiger partial charge in [0.15, 0.2) is 5.78 Å². The number of rotatable bonds is 3. The number of Topliss-reactive ketones (excluding diaryl/α,β-unsaturated/α-hetero) is 1. The van der Waals surface area contributed by atoms with Gasteiger partial charge in [-0.2, -0.15) is 13.2 Å². The molecular weight excluding hydrogens is 337 g/mol. The van der Waals surface area contributed by atoms with Gasteiger partial charge in [0.2, 0.25) is 5.78 Å². The fourth-order valence-corrected chi connectivity index (χ4v) is 2.51. The van der Waals surface area contributed by atoms with Gasteiger partial charge in [-0.25, -0.2) is 0 Å². The third-order valence-electron chi connectivity index (χ3n) is 3.67. The highest BCUT2D eigenvalue weighted by Crippen LogP contribution is 2.35. The fraction of sp³-hybridized carbons (Fsp3) is 0.0588. The van der Waals surface area contributed by atoms with Crippen molar-refractivity contribution in [1.29, 1.82) is 0 Å². The summed E-state index contributed by atoms with van der Waals surface area (Å²) in [5.74, 6) is -0.929. The highest BCUT2D eigenvalue weighted by molar-refractivity contribution is 6.25. The number of hydrogen-bond acceptors (Lipinski definition) is 4. The summed E-state index contributed by atoms with van der Waals surface area (Å²) in [6.45, 7) is 0. The number of halogens is 3. The van der Waals surface area contributed by atoms with Crippen molar-refractivity contribution in [2.75, 3.05) is 5.32 Å². The van der Waals surface area contributed by atoms with Crippen molar-refractivity contribution in [3.05, 3.63) is 75.8 Å². The molecule has 0 saturated heterocycles. The van der Waals surface area contributed by atoms with Gasteiger partial charge in [0.05, 0.1) is 5.70 Å². The molecule has 0 spiro atoms. The average Bonchev–Trinajstić information content (AvgIpc) is 2.58. The Morgan fingerprint density at radius 1 is 0.960 bits per heavy atom. The lowest BCUT2D eigenvalue weighted by atomic mass is 9.92. The Hall–Kier alpha value is -3.29. The van der Waals surface area contributed by atoms with E-state index in [4.69, 9.17) is 0 Å². The van der Waals surface area contributed by atoms with Crippen molar-refractivity contribution >= 4 is 22.9 Å². The van der Waals surface area contributed by atoms with Crippen LogP contribution in [0, 0.1) is 4.91 Å². The molecule has 0 unspecified atom stereocenters. The van der Waals surface area contributed by atoms with Crippen molar-refractivity contribution in [3.8, 4) is 0 Å². The van der Waals surface area contributed by atoms with Crippen LogP contribution in [0.5, 0.6) is 0 Å². The molecule has 1 aliphatic rings. The molecule has 0 bridgehead atoms. The van der Waals surface area contributed by atoms with Crippen LogP contribution >= 0.6 is 0 Å². The Labute approximate surface area is 139 Å². The van der Waals surface area contributed by atoms with Crippen LogP contribution in [0.3, 0.4) is 0 Å². The summed E-state index contributed by atoms with van der Waals surface area (Å²) >= 11 is 0. The molecule has 2 aromatic rings. The van der Waals surface area contributed by atoms with Crippen LogP contribution in [-0.4, -0.2) is 11.6 Å². The lowest BCUT2D eigenvalue weighted by Gasteiger charge is -2.17. The third-order valence-corrected chi connectivity index (χ3v) is 3.67. The minimum atomic E-state index is -4.75. The molecular formula is C17H10F3N2O3+. The predicted octanol–water partition coefficient (Wildman–Crippen LogP) is 2.56. The molecule has 5 nitrogen and oxygen atoms in total. The Balaban J connectivity index is 1.97. The zero-order chi connectivity index (χ0) is 18.2. The summed E-state index contributed by atoms with van der Waals surface area (Å²) in [7, 11) is 0. The molecule has 0 amide bonds. The van der Waals surface area contributed by atoms with E-state index in [1.807, 2.05) is 0 Å². The fourth-order valence-electron chi connectivity index (χ4n) is 2.51. The monoisotopic (exact) mass is 347 g/mol. The van der Waals surface area contributed by atoms with E-state index in [1.54, 1.807) is 12.1 Å². The summed E-state index contributed by atoms with van der Waals surface area (Å²) in [5, 5.41) is 3.76. The molecule has 0 radical (unpaired) electrons. The van der Waals surface area contributed by atoms with Gasteiger partial charge < -0.3 is 5.32 Å². The summed E-state index contributed by atoms with van der Waals surface area (Å²) in [6.07, 6.45) is -3.71. The number of hydrogen-bond donors (Lipinski definition) is 2. The molecule has 0 heterocycles. The second-order valence-electron chi connectivity index (χ2n) is 5.28. The van der Waals surface area contributed by atoms with Gasteiger partial charge in [0.25, 0.3) is 5.69 Å². The predicted molar refractivity (Wildman–Crippen MR) is 82.2 cm³/mol. The molecule has 8 heteroatoms. The molecule has 0 fully saturated rings. The third kappa shape index (κ3) is 3.06. The van der Waals surface area contributed by atoms with Crippen molar-refractivity contribution in [2.24, 2.45) is 0 Å². The quantitative estimate of drug-likeness (QED) is 0.895. The van der Waals surface area contributed by atoms with Crippen LogP contribution in [0.25, 0.3) is 0 Å². The second-order valence-corrected chi connectivity index (χ2v) is 5.28. The SMILES string of the molecule is O=[NH+]c1ccc(NC2=CC(=O)c3ccccc3C2=O)cc1C(F)(F)F. The number of alkyl halides is 3. The van der Waals surface area contributed by atoms with Gasteiger partial charge in [0, 0.05) is 39.0 Å². The molecule has 3 rings (SSSR count). The maximum Gasteiger partial charge on any atom is 0.423 e. The zero-order valence-corrected chi connectivity index (χ0v) is 12.5. The number of ketones is 2. The van der Waals surface area contributed by atoms with E-state index in [0.29, 0.717) is 6.07 Å². The van der Waals surface area contributed by atoms with E-state index in [9.17, 15) is 27.7 Å². The van der Waals surface area contributed by atoms with E-state index in [0.717, 1.165) is 12.1 Å². The van der Waals surface area contributed by atoms with Gasteiger partial charge >= 0.3 is 6.18 Å². The molecule has 126 valence electrons. The number of nitrogens with one attached hydrogen (secondary N) is 2. The Bertz CT molecular complexity index is 933. The van der Waals surface area contributed by atoms with Crippen LogP contribution < -0.4 is 10.5 Å². The average molecular weight is 347 g/mol. The lowest BCUT2D eigenvalue weighted by molar-refractivity contribution is -0.382. The Morgan fingerprint density at radius 2 is 1.64 bits per heavy atom. The number of carbonyl (C=O) groups is 2. The Kier molecular flexibility index (Phi) is 3.96. The number of anilines is 1. The van der Waals surface area contributed by atoms with E-state index < -0.39 is 29.0 Å². The van der Waals surface area contributed by atoms with Crippen molar-refractivity contribution in [3.63, 3.8) is 0 Å². The highest BCUT2D eigenvalue weighted by Gasteiger charge is 2.37. The lowest BCUT2D eigenvalue weighted by Crippen LogP contribution is -2.57. The van der Waals surface area contributed by atoms with Gasteiger partial charge in [-0.05, 0) is 12.1 Å². The molecule has 0 aromatic heterocycles. The van der Waals surface area contributed by atoms with Gasteiger partial charge in [0.1, 0.15) is 5.56 Å². The number of allylic oxidation sites excluding steroid dienone is 2. The van der Waals surface area contributed by atoms with Crippen LogP contribution in [-0.2, 0) is 6.18 Å². The first-order chi connectivity index (χ1) is 11.8. The smallest absolute Gasteiger partial charge is 0.352 e. The Morgan fingerprint density at radius 3 is 2.28 bits per heavy atom. The minimum absolute atomic E-state index is 0.0712. The van der Waals surface area contributed by atoms with Crippen molar-refractivity contribution in [2.45, 2.75) is 6.18 Å². The summed E-state index contributed by atoms with van der Waals surface area (Å²) in [5.41, 5.74) is -1.62. The largest absolute Gasteiger partial charge is 0.423 e. The van der Waals surface area contributed by atoms with Crippen LogP contribution in [0.1, 0.15) is 26.3 Å². The maximum atomic E-state index is 13.0. The van der Waals surface area contributed by atoms with Crippen LogP contribution in [0.15, 0.2) is 54.2 Å². The van der Waals surface area contributed by atoms with E-state index >= 15 is 0 Å². The van der Waals surface area contributed by atoms with Crippen molar-refractivity contribution < 1.29 is 27.9 Å². The molecule has 0 aliphatic heterocycles. The first-order valence-corrected chi connectivity index (χ1v) is 7.07. The standard InChI is InChI=1S/C17H9F3N2O3/c18-17(19,20)12-7-9(5-6-13(12)22-25)21-14-8-15(23)10-3-1-2-4-11(10)16(14)24/h1-8,21H/p+1. The summed E-state index contributed by atoms with van der Waals surface area (Å²) in [4.78, 5) is 35.1. The second kappa shape index (κ2) is 5.97. The molecule has 0 atom stereocenters. The zero-order valence-electron chi connectivity index (χ0n) is 12.5. The van der Waals surface area contributed by atoms with E-state index in [-0.39, 0.29) is 22.5 Å². The van der Waals surface area contributed by atoms with Crippen LogP contribution in [0.2, 0.25) is 0 Å². The first-order valence-electron chi connectivity index (χ1n) is 7.07. The maximum absolute atomic E-state index is 13.0. The first kappa shape index (κ1) is 16.6. The molecule has 2 N–H and O–H groups in total. The topological polar surface area (TPSA) is 77.2 Å². The van der Waals surface area contributed by atoms with Crippen LogP contribution in [0.4, 0.5) is 24.5 Å². The summed E-state index contributed by atoms with van der Waals surface area (Å²) < 4.78 is 39.0. The molecule has 0 saturated carbocycles. The highest BCUT2D eigenvalue weighted by atomic mass is 19.4. The van der Waals surface area contributed by atoms with Gasteiger partial charge in [-0.15, -0.1) is 0 Å². The normalized spacial score (nSPS) is 14.0. The summed E-state index contributed by atoms with van der Waals surface area (Å²) in [6, 6.07) is 9.01. The molecule has 25 heavy (non-hydrogen) atoms. The van der Waals surface area contributed by atoms with Crippen molar-refractivity contribution in [1.82, 2.24) is 0 Å². The number of nitroso groups, excluding NO2 is 1. The van der Waals surface area contributed by atoms with Gasteiger partial charge in [-0.1, -0.05) is 24.3 Å². The number of fused-ring (bicyclic) bond motifs is 1. The molecule has 1 aliphatic carbocycles. The molecule has 2 aromatic carbocycles. The van der Waals surface area contributed by atoms with E-state index in [2.05, 4.69) is 5.32 Å².